The summed E-state index contributed by atoms with van der Waals surface area (Å²) in [5, 5.41) is 20.5. The molecular weight excluding hydrogens is 222 g/mol. The third kappa shape index (κ3) is 5.68. The van der Waals surface area contributed by atoms with Crippen LogP contribution in [0.1, 0.15) is 46.5 Å². The van der Waals surface area contributed by atoms with Gasteiger partial charge in [0.05, 0.1) is 6.10 Å². The predicted molar refractivity (Wildman–Crippen MR) is 64.6 cm³/mol. The molecule has 0 aliphatic rings. The summed E-state index contributed by atoms with van der Waals surface area (Å²) in [6.45, 7) is 5.33. The molecule has 0 saturated heterocycles. The van der Waals surface area contributed by atoms with Gasteiger partial charge in [0.25, 0.3) is 0 Å². The zero-order valence-corrected chi connectivity index (χ0v) is 10.8. The van der Waals surface area contributed by atoms with Crippen molar-refractivity contribution < 1.29 is 19.8 Å². The molecule has 100 valence electrons. The maximum atomic E-state index is 11.9. The quantitative estimate of drug-likeness (QED) is 0.598. The summed E-state index contributed by atoms with van der Waals surface area (Å²) >= 11 is 0. The van der Waals surface area contributed by atoms with E-state index in [2.05, 4.69) is 5.32 Å². The standard InChI is InChI=1S/C12H23NO4/c1-4-6-9(7-5-2)11(15)13-10(8(3)14)12(16)17/h8-10,14H,4-7H2,1-3H3,(H,13,15)(H,16,17)/t8-,10+/m1/s1. The van der Waals surface area contributed by atoms with Crippen molar-refractivity contribution in [3.05, 3.63) is 0 Å². The first-order chi connectivity index (χ1) is 7.93. The van der Waals surface area contributed by atoms with Crippen LogP contribution in [0, 0.1) is 5.92 Å². The Hall–Kier alpha value is -1.10. The normalized spacial score (nSPS) is 14.4. The van der Waals surface area contributed by atoms with Gasteiger partial charge in [-0.1, -0.05) is 26.7 Å². The van der Waals surface area contributed by atoms with E-state index in [4.69, 9.17) is 5.11 Å². The number of carboxylic acid groups (broad SMARTS) is 1. The van der Waals surface area contributed by atoms with Gasteiger partial charge in [0.1, 0.15) is 0 Å². The van der Waals surface area contributed by atoms with Crippen molar-refractivity contribution in [2.45, 2.75) is 58.6 Å². The number of aliphatic hydroxyl groups excluding tert-OH is 1. The molecule has 0 bridgehead atoms. The molecule has 0 aromatic carbocycles. The highest BCUT2D eigenvalue weighted by Crippen LogP contribution is 2.14. The average Bonchev–Trinajstić information content (AvgIpc) is 2.24. The van der Waals surface area contributed by atoms with Gasteiger partial charge in [-0.05, 0) is 19.8 Å². The van der Waals surface area contributed by atoms with Gasteiger partial charge in [-0.15, -0.1) is 0 Å². The van der Waals surface area contributed by atoms with Crippen LogP contribution in [0.25, 0.3) is 0 Å². The van der Waals surface area contributed by atoms with Crippen molar-refractivity contribution in [2.24, 2.45) is 5.92 Å². The molecule has 0 aliphatic carbocycles. The van der Waals surface area contributed by atoms with E-state index in [1.807, 2.05) is 13.8 Å². The van der Waals surface area contributed by atoms with Crippen molar-refractivity contribution >= 4 is 11.9 Å². The van der Waals surface area contributed by atoms with Crippen LogP contribution in [0.2, 0.25) is 0 Å². The number of amides is 1. The third-order valence-corrected chi connectivity index (χ3v) is 2.69. The van der Waals surface area contributed by atoms with E-state index >= 15 is 0 Å². The van der Waals surface area contributed by atoms with Gasteiger partial charge in [-0.3, -0.25) is 4.79 Å². The maximum absolute atomic E-state index is 11.9. The molecule has 0 rings (SSSR count). The molecular formula is C12H23NO4. The van der Waals surface area contributed by atoms with Crippen LogP contribution in [0.3, 0.4) is 0 Å². The van der Waals surface area contributed by atoms with E-state index < -0.39 is 18.1 Å². The Morgan fingerprint density at radius 2 is 1.65 bits per heavy atom. The molecule has 3 N–H and O–H groups in total. The fourth-order valence-electron chi connectivity index (χ4n) is 1.76. The number of carbonyl (C=O) groups excluding carboxylic acids is 1. The summed E-state index contributed by atoms with van der Waals surface area (Å²) in [7, 11) is 0. The fraction of sp³-hybridized carbons (Fsp3) is 0.833. The van der Waals surface area contributed by atoms with E-state index in [0.717, 1.165) is 25.7 Å². The van der Waals surface area contributed by atoms with E-state index in [-0.39, 0.29) is 11.8 Å². The first-order valence-electron chi connectivity index (χ1n) is 6.15. The Balaban J connectivity index is 4.50. The summed E-state index contributed by atoms with van der Waals surface area (Å²) in [5.41, 5.74) is 0. The number of hydrogen-bond donors (Lipinski definition) is 3. The van der Waals surface area contributed by atoms with Crippen molar-refractivity contribution in [3.8, 4) is 0 Å². The van der Waals surface area contributed by atoms with Crippen molar-refractivity contribution in [2.75, 3.05) is 0 Å². The highest BCUT2D eigenvalue weighted by molar-refractivity contribution is 5.85. The molecule has 0 unspecified atom stereocenters. The molecule has 5 heteroatoms. The molecule has 0 aliphatic heterocycles. The fourth-order valence-corrected chi connectivity index (χ4v) is 1.76. The minimum atomic E-state index is -1.22. The second-order valence-electron chi connectivity index (χ2n) is 4.34. The molecule has 0 spiro atoms. The summed E-state index contributed by atoms with van der Waals surface area (Å²) in [6, 6.07) is -1.22. The lowest BCUT2D eigenvalue weighted by Crippen LogP contribution is -2.49. The van der Waals surface area contributed by atoms with Crippen molar-refractivity contribution in [1.82, 2.24) is 5.32 Å². The number of rotatable bonds is 8. The summed E-state index contributed by atoms with van der Waals surface area (Å²) in [5.74, 6) is -1.65. The minimum absolute atomic E-state index is 0.161. The lowest BCUT2D eigenvalue weighted by molar-refractivity contribution is -0.145. The Labute approximate surface area is 102 Å². The number of hydrogen-bond acceptors (Lipinski definition) is 3. The van der Waals surface area contributed by atoms with Gasteiger partial charge >= 0.3 is 5.97 Å². The molecule has 1 amide bonds. The maximum Gasteiger partial charge on any atom is 0.328 e. The van der Waals surface area contributed by atoms with Crippen molar-refractivity contribution in [3.63, 3.8) is 0 Å². The highest BCUT2D eigenvalue weighted by Gasteiger charge is 2.27. The lowest BCUT2D eigenvalue weighted by atomic mass is 9.96. The van der Waals surface area contributed by atoms with Gasteiger partial charge in [0.15, 0.2) is 6.04 Å². The van der Waals surface area contributed by atoms with Crippen LogP contribution in [-0.2, 0) is 9.59 Å². The molecule has 2 atom stereocenters. The highest BCUT2D eigenvalue weighted by atomic mass is 16.4. The molecule has 5 nitrogen and oxygen atoms in total. The Bertz CT molecular complexity index is 247. The van der Waals surface area contributed by atoms with Crippen LogP contribution in [-0.4, -0.2) is 34.2 Å². The van der Waals surface area contributed by atoms with E-state index in [1.54, 1.807) is 0 Å². The molecule has 0 heterocycles. The number of aliphatic hydroxyl groups is 1. The first-order valence-corrected chi connectivity index (χ1v) is 6.15. The molecule has 0 saturated carbocycles. The summed E-state index contributed by atoms with van der Waals surface area (Å²) < 4.78 is 0. The molecule has 0 fully saturated rings. The first kappa shape index (κ1) is 15.9. The largest absolute Gasteiger partial charge is 0.480 e. The van der Waals surface area contributed by atoms with Crippen molar-refractivity contribution in [1.29, 1.82) is 0 Å². The lowest BCUT2D eigenvalue weighted by Gasteiger charge is -2.21. The predicted octanol–water partition coefficient (Wildman–Crippen LogP) is 1.15. The van der Waals surface area contributed by atoms with Gasteiger partial charge in [0, 0.05) is 5.92 Å². The summed E-state index contributed by atoms with van der Waals surface area (Å²) in [6.07, 6.45) is 2.15. The van der Waals surface area contributed by atoms with Gasteiger partial charge < -0.3 is 15.5 Å². The zero-order chi connectivity index (χ0) is 13.4. The molecule has 17 heavy (non-hydrogen) atoms. The minimum Gasteiger partial charge on any atom is -0.480 e. The number of aliphatic carboxylic acids is 1. The van der Waals surface area contributed by atoms with Gasteiger partial charge in [-0.25, -0.2) is 4.79 Å². The molecule has 0 aromatic rings. The van der Waals surface area contributed by atoms with E-state index in [0.29, 0.717) is 0 Å². The second kappa shape index (κ2) is 8.06. The number of carbonyl (C=O) groups is 2. The Morgan fingerprint density at radius 1 is 1.18 bits per heavy atom. The van der Waals surface area contributed by atoms with Crippen LogP contribution in [0.15, 0.2) is 0 Å². The average molecular weight is 245 g/mol. The van der Waals surface area contributed by atoms with Crippen LogP contribution < -0.4 is 5.32 Å². The van der Waals surface area contributed by atoms with Crippen LogP contribution in [0.5, 0.6) is 0 Å². The van der Waals surface area contributed by atoms with E-state index in [1.165, 1.54) is 6.92 Å². The topological polar surface area (TPSA) is 86.6 Å². The monoisotopic (exact) mass is 245 g/mol. The summed E-state index contributed by atoms with van der Waals surface area (Å²) in [4.78, 5) is 22.7. The Morgan fingerprint density at radius 3 is 1.94 bits per heavy atom. The van der Waals surface area contributed by atoms with Crippen LogP contribution >= 0.6 is 0 Å². The van der Waals surface area contributed by atoms with Gasteiger partial charge in [-0.2, -0.15) is 0 Å². The second-order valence-corrected chi connectivity index (χ2v) is 4.34. The van der Waals surface area contributed by atoms with Gasteiger partial charge in [0.2, 0.25) is 5.91 Å². The Kier molecular flexibility index (Phi) is 7.54. The zero-order valence-electron chi connectivity index (χ0n) is 10.8. The smallest absolute Gasteiger partial charge is 0.328 e. The number of carboxylic acids is 1. The van der Waals surface area contributed by atoms with Crippen LogP contribution in [0.4, 0.5) is 0 Å². The SMILES string of the molecule is CCCC(CCC)C(=O)N[C@H](C(=O)O)[C@@H](C)O. The third-order valence-electron chi connectivity index (χ3n) is 2.69. The number of nitrogens with one attached hydrogen (secondary N) is 1. The van der Waals surface area contributed by atoms with E-state index in [9.17, 15) is 14.7 Å². The molecule has 0 radical (unpaired) electrons. The molecule has 0 aromatic heterocycles.